The Labute approximate surface area is 113 Å². The van der Waals surface area contributed by atoms with E-state index < -0.39 is 16.9 Å². The highest BCUT2D eigenvalue weighted by molar-refractivity contribution is 5.85. The molecule has 20 heavy (non-hydrogen) atoms. The summed E-state index contributed by atoms with van der Waals surface area (Å²) in [7, 11) is 0. The first-order valence-electron chi connectivity index (χ1n) is 5.55. The molecule has 0 unspecified atom stereocenters. The van der Waals surface area contributed by atoms with E-state index in [-0.39, 0.29) is 16.9 Å². The number of nitrogens with zero attached hydrogens (tertiary/aromatic N) is 1. The van der Waals surface area contributed by atoms with E-state index in [9.17, 15) is 19.7 Å². The number of hydrogen-bond donors (Lipinski definition) is 1. The largest absolute Gasteiger partial charge is 0.425 e. The number of rotatable bonds is 3. The van der Waals surface area contributed by atoms with Crippen LogP contribution < -0.4 is 10.1 Å². The summed E-state index contributed by atoms with van der Waals surface area (Å²) in [6.45, 7) is 0.518. The highest BCUT2D eigenvalue weighted by atomic mass is 16.6. The Bertz CT molecular complexity index is 562. The molecule has 0 bridgehead atoms. The summed E-state index contributed by atoms with van der Waals surface area (Å²) in [5.74, 6) is 1.29. The molecule has 3 N–H and O–H groups in total. The van der Waals surface area contributed by atoms with E-state index >= 15 is 0 Å². The van der Waals surface area contributed by atoms with Crippen LogP contribution in [0.5, 0.6) is 5.75 Å². The van der Waals surface area contributed by atoms with Crippen LogP contribution in [0.4, 0.5) is 5.69 Å². The van der Waals surface area contributed by atoms with E-state index in [1.165, 1.54) is 24.3 Å². The lowest BCUT2D eigenvalue weighted by atomic mass is 10.1. The fourth-order valence-corrected chi connectivity index (χ4v) is 1.77. The zero-order valence-electron chi connectivity index (χ0n) is 10.3. The van der Waals surface area contributed by atoms with E-state index in [0.29, 0.717) is 18.5 Å². The highest BCUT2D eigenvalue weighted by Crippen LogP contribution is 2.19. The van der Waals surface area contributed by atoms with Crippen LogP contribution in [0.3, 0.4) is 0 Å². The molecule has 0 amide bonds. The van der Waals surface area contributed by atoms with E-state index in [1.54, 1.807) is 5.94 Å². The van der Waals surface area contributed by atoms with Gasteiger partial charge < -0.3 is 10.2 Å². The van der Waals surface area contributed by atoms with Gasteiger partial charge in [-0.3, -0.25) is 15.4 Å². The summed E-state index contributed by atoms with van der Waals surface area (Å²) in [5, 5.41) is 13.3. The minimum absolute atomic E-state index is 0. The lowest BCUT2D eigenvalue weighted by Crippen LogP contribution is -2.35. The second-order valence-electron chi connectivity index (χ2n) is 3.94. The van der Waals surface area contributed by atoms with Crippen molar-refractivity contribution in [1.82, 2.24) is 5.32 Å². The van der Waals surface area contributed by atoms with Gasteiger partial charge >= 0.3 is 5.97 Å². The molecule has 8 nitrogen and oxygen atoms in total. The van der Waals surface area contributed by atoms with Gasteiger partial charge in [-0.25, -0.2) is 9.59 Å². The maximum atomic E-state index is 11.8. The van der Waals surface area contributed by atoms with E-state index in [2.05, 4.69) is 5.32 Å². The van der Waals surface area contributed by atoms with E-state index in [4.69, 9.17) is 4.74 Å². The predicted molar refractivity (Wildman–Crippen MR) is 68.0 cm³/mol. The Balaban J connectivity index is 0.00000200. The maximum absolute atomic E-state index is 11.8. The van der Waals surface area contributed by atoms with Crippen LogP contribution in [0, 0.1) is 10.1 Å². The third-order valence-electron chi connectivity index (χ3n) is 2.72. The first-order chi connectivity index (χ1) is 9.11. The Morgan fingerprint density at radius 1 is 1.40 bits per heavy atom. The van der Waals surface area contributed by atoms with Gasteiger partial charge in [0.15, 0.2) is 0 Å². The second-order valence-corrected chi connectivity index (χ2v) is 3.94. The molecule has 1 aromatic rings. The standard InChI is InChI=1S/C12H10N2O5.H2O/c15-7-8-5-6-13-11(8)12(16)19-10-3-1-9(2-4-10)14(17)18;/h1-4,11,13H,5-6H2;1H2/t11-;/m0./s1. The highest BCUT2D eigenvalue weighted by Gasteiger charge is 2.30. The summed E-state index contributed by atoms with van der Waals surface area (Å²) < 4.78 is 5.04. The van der Waals surface area contributed by atoms with Gasteiger partial charge in [-0.1, -0.05) is 0 Å². The number of non-ortho nitro benzene ring substituents is 1. The number of nitrogens with one attached hydrogen (secondary N) is 1. The quantitative estimate of drug-likeness (QED) is 0.268. The van der Waals surface area contributed by atoms with Gasteiger partial charge in [0.05, 0.1) is 4.92 Å². The smallest absolute Gasteiger partial charge is 0.333 e. The van der Waals surface area contributed by atoms with Crippen molar-refractivity contribution in [2.75, 3.05) is 6.54 Å². The number of hydrogen-bond acceptors (Lipinski definition) is 6. The lowest BCUT2D eigenvalue weighted by Gasteiger charge is -2.09. The van der Waals surface area contributed by atoms with Crippen LogP contribution in [0.1, 0.15) is 6.42 Å². The van der Waals surface area contributed by atoms with Gasteiger partial charge in [-0.2, -0.15) is 0 Å². The van der Waals surface area contributed by atoms with Crippen LogP contribution in [-0.2, 0) is 9.59 Å². The normalized spacial score (nSPS) is 17.0. The monoisotopic (exact) mass is 280 g/mol. The van der Waals surface area contributed by atoms with Gasteiger partial charge in [0.2, 0.25) is 0 Å². The molecule has 1 aliphatic heterocycles. The van der Waals surface area contributed by atoms with Crippen molar-refractivity contribution in [2.24, 2.45) is 0 Å². The second kappa shape index (κ2) is 6.58. The molecular formula is C12H12N2O6. The minimum atomic E-state index is -0.785. The molecule has 1 heterocycles. The van der Waals surface area contributed by atoms with Crippen molar-refractivity contribution < 1.29 is 24.7 Å². The lowest BCUT2D eigenvalue weighted by molar-refractivity contribution is -0.384. The first-order valence-corrected chi connectivity index (χ1v) is 5.55. The van der Waals surface area contributed by atoms with E-state index in [0.717, 1.165) is 0 Å². The Hall–Kier alpha value is -2.54. The van der Waals surface area contributed by atoms with E-state index in [1.807, 2.05) is 0 Å². The zero-order valence-corrected chi connectivity index (χ0v) is 10.3. The average Bonchev–Trinajstić information content (AvgIpc) is 2.87. The fraction of sp³-hybridized carbons (Fsp3) is 0.250. The van der Waals surface area contributed by atoms with Crippen LogP contribution in [0.15, 0.2) is 29.8 Å². The van der Waals surface area contributed by atoms with Crippen molar-refractivity contribution in [1.29, 1.82) is 0 Å². The molecule has 1 atom stereocenters. The SMILES string of the molecule is O.O=C=C1CCN[C@@H]1C(=O)Oc1ccc([N+](=O)[O-])cc1. The Morgan fingerprint density at radius 3 is 2.60 bits per heavy atom. The molecule has 1 fully saturated rings. The van der Waals surface area contributed by atoms with Gasteiger partial charge in [-0.05, 0) is 18.6 Å². The molecule has 2 rings (SSSR count). The third-order valence-corrected chi connectivity index (χ3v) is 2.72. The molecule has 0 radical (unpaired) electrons. The predicted octanol–water partition coefficient (Wildman–Crippen LogP) is -0.205. The number of nitro groups is 1. The molecule has 106 valence electrons. The molecule has 0 aliphatic carbocycles. The number of ether oxygens (including phenoxy) is 1. The number of carbonyl (C=O) groups is 1. The molecule has 8 heteroatoms. The number of esters is 1. The summed E-state index contributed by atoms with van der Waals surface area (Å²) >= 11 is 0. The first kappa shape index (κ1) is 15.5. The van der Waals surface area contributed by atoms with Crippen LogP contribution >= 0.6 is 0 Å². The number of benzene rings is 1. The van der Waals surface area contributed by atoms with Gasteiger partial charge in [0, 0.05) is 24.3 Å². The molecule has 0 spiro atoms. The Kier molecular flexibility index (Phi) is 5.10. The van der Waals surface area contributed by atoms with Crippen molar-refractivity contribution in [2.45, 2.75) is 12.5 Å². The topological polar surface area (TPSA) is 130 Å². The summed E-state index contributed by atoms with van der Waals surface area (Å²) in [4.78, 5) is 32.3. The zero-order chi connectivity index (χ0) is 13.8. The molecule has 1 saturated heterocycles. The average molecular weight is 280 g/mol. The summed E-state index contributed by atoms with van der Waals surface area (Å²) in [6.07, 6.45) is 0.462. The van der Waals surface area contributed by atoms with Gasteiger partial charge in [-0.15, -0.1) is 0 Å². The molecule has 0 aromatic heterocycles. The number of carbonyl (C=O) groups excluding carboxylic acids is 2. The Morgan fingerprint density at radius 2 is 2.05 bits per heavy atom. The summed E-state index contributed by atoms with van der Waals surface area (Å²) in [5.41, 5.74) is 0.235. The van der Waals surface area contributed by atoms with Crippen LogP contribution in [0.2, 0.25) is 0 Å². The van der Waals surface area contributed by atoms with Crippen molar-refractivity contribution in [3.8, 4) is 5.75 Å². The van der Waals surface area contributed by atoms with Crippen molar-refractivity contribution in [3.05, 3.63) is 40.0 Å². The van der Waals surface area contributed by atoms with Gasteiger partial charge in [0.1, 0.15) is 17.7 Å². The summed E-state index contributed by atoms with van der Waals surface area (Å²) in [6, 6.07) is 4.35. The van der Waals surface area contributed by atoms with Crippen molar-refractivity contribution in [3.63, 3.8) is 0 Å². The third kappa shape index (κ3) is 3.27. The minimum Gasteiger partial charge on any atom is -0.425 e. The van der Waals surface area contributed by atoms with Crippen LogP contribution in [-0.4, -0.2) is 34.9 Å². The molecular weight excluding hydrogens is 268 g/mol. The maximum Gasteiger partial charge on any atom is 0.333 e. The molecule has 0 saturated carbocycles. The van der Waals surface area contributed by atoms with Crippen molar-refractivity contribution >= 4 is 17.6 Å². The van der Waals surface area contributed by atoms with Crippen LogP contribution in [0.25, 0.3) is 0 Å². The number of nitro benzene ring substituents is 1. The fourth-order valence-electron chi connectivity index (χ4n) is 1.77. The molecule has 1 aliphatic rings. The van der Waals surface area contributed by atoms with Gasteiger partial charge in [0.25, 0.3) is 5.69 Å². The molecule has 1 aromatic carbocycles.